The molecule has 0 aliphatic carbocycles. The predicted octanol–water partition coefficient (Wildman–Crippen LogP) is 3.23. The molecule has 0 amide bonds. The van der Waals surface area contributed by atoms with Crippen LogP contribution in [-0.2, 0) is 25.5 Å². The van der Waals surface area contributed by atoms with E-state index >= 15 is 0 Å². The van der Waals surface area contributed by atoms with Gasteiger partial charge in [0, 0.05) is 19.0 Å². The number of hydrogen-bond acceptors (Lipinski definition) is 2. The van der Waals surface area contributed by atoms with Crippen LogP contribution in [0.2, 0.25) is 5.02 Å². The maximum absolute atomic E-state index is 13.8. The summed E-state index contributed by atoms with van der Waals surface area (Å²) in [6, 6.07) is 6.23. The maximum atomic E-state index is 13.8. The molecule has 1 unspecified atom stereocenters. The lowest BCUT2D eigenvalue weighted by atomic mass is 9.90. The molecule has 108 valence electrons. The molecule has 0 fully saturated rings. The fourth-order valence-corrected chi connectivity index (χ4v) is 2.69. The Morgan fingerprint density at radius 1 is 1.40 bits per heavy atom. The van der Waals surface area contributed by atoms with Crippen LogP contribution in [0.5, 0.6) is 0 Å². The molecule has 1 aromatic carbocycles. The van der Waals surface area contributed by atoms with Crippen LogP contribution in [-0.4, -0.2) is 14.9 Å². The van der Waals surface area contributed by atoms with Crippen LogP contribution >= 0.6 is 11.6 Å². The quantitative estimate of drug-likeness (QED) is 0.941. The fourth-order valence-electron chi connectivity index (χ4n) is 2.33. The van der Waals surface area contributed by atoms with Gasteiger partial charge in [-0.05, 0) is 19.4 Å². The normalized spacial score (nSPS) is 14.3. The van der Waals surface area contributed by atoms with E-state index in [1.807, 2.05) is 6.92 Å². The van der Waals surface area contributed by atoms with Gasteiger partial charge < -0.3 is 5.11 Å². The van der Waals surface area contributed by atoms with Gasteiger partial charge in [0.05, 0.1) is 22.0 Å². The van der Waals surface area contributed by atoms with Crippen molar-refractivity contribution in [2.24, 2.45) is 7.05 Å². The number of halogens is 2. The number of rotatable bonds is 4. The van der Waals surface area contributed by atoms with Crippen molar-refractivity contribution < 1.29 is 9.50 Å². The minimum atomic E-state index is -1.34. The van der Waals surface area contributed by atoms with E-state index in [9.17, 15) is 9.50 Å². The summed E-state index contributed by atoms with van der Waals surface area (Å²) in [5.41, 5.74) is 0.411. The first-order valence-corrected chi connectivity index (χ1v) is 6.92. The molecule has 20 heavy (non-hydrogen) atoms. The molecular formula is C15H18ClFN2O. The van der Waals surface area contributed by atoms with E-state index in [0.717, 1.165) is 5.69 Å². The van der Waals surface area contributed by atoms with Crippen LogP contribution in [0.1, 0.15) is 30.8 Å². The first kappa shape index (κ1) is 15.0. The summed E-state index contributed by atoms with van der Waals surface area (Å²) in [5.74, 6) is -0.425. The Bertz CT molecular complexity index is 622. The standard InChI is InChI=1S/C15H18ClFN2O/c1-4-12-14(16)13(19(3)18-12)9-15(2,20)10-7-5-6-8-11(10)17/h5-8,20H,4,9H2,1-3H3. The molecule has 1 heterocycles. The Hall–Kier alpha value is -1.39. The van der Waals surface area contributed by atoms with Crippen molar-refractivity contribution in [1.29, 1.82) is 0 Å². The molecule has 0 aliphatic heterocycles. The zero-order chi connectivity index (χ0) is 14.9. The molecule has 0 saturated carbocycles. The summed E-state index contributed by atoms with van der Waals surface area (Å²) < 4.78 is 15.5. The topological polar surface area (TPSA) is 38.0 Å². The van der Waals surface area contributed by atoms with E-state index in [0.29, 0.717) is 17.1 Å². The monoisotopic (exact) mass is 296 g/mol. The van der Waals surface area contributed by atoms with Crippen molar-refractivity contribution in [3.63, 3.8) is 0 Å². The van der Waals surface area contributed by atoms with Gasteiger partial charge in [-0.1, -0.05) is 36.7 Å². The molecule has 5 heteroatoms. The second-order valence-corrected chi connectivity index (χ2v) is 5.49. The molecule has 0 aliphatic rings. The van der Waals surface area contributed by atoms with Gasteiger partial charge in [-0.15, -0.1) is 0 Å². The van der Waals surface area contributed by atoms with Crippen LogP contribution in [0.25, 0.3) is 0 Å². The molecule has 1 atom stereocenters. The van der Waals surface area contributed by atoms with Gasteiger partial charge in [-0.25, -0.2) is 4.39 Å². The Labute approximate surface area is 123 Å². The first-order chi connectivity index (χ1) is 9.36. The lowest BCUT2D eigenvalue weighted by Crippen LogP contribution is -2.27. The Kier molecular flexibility index (Phi) is 4.16. The molecular weight excluding hydrogens is 279 g/mol. The average molecular weight is 297 g/mol. The van der Waals surface area contributed by atoms with Crippen LogP contribution in [0, 0.1) is 5.82 Å². The Balaban J connectivity index is 2.38. The molecule has 0 bridgehead atoms. The molecule has 0 radical (unpaired) electrons. The maximum Gasteiger partial charge on any atom is 0.129 e. The number of nitrogens with zero attached hydrogens (tertiary/aromatic N) is 2. The Morgan fingerprint density at radius 3 is 2.60 bits per heavy atom. The zero-order valence-corrected chi connectivity index (χ0v) is 12.6. The number of aryl methyl sites for hydroxylation is 2. The number of benzene rings is 1. The second kappa shape index (κ2) is 5.54. The molecule has 1 aromatic heterocycles. The molecule has 0 spiro atoms. The third-order valence-electron chi connectivity index (χ3n) is 3.47. The van der Waals surface area contributed by atoms with Gasteiger partial charge in [-0.3, -0.25) is 4.68 Å². The van der Waals surface area contributed by atoms with E-state index < -0.39 is 11.4 Å². The summed E-state index contributed by atoms with van der Waals surface area (Å²) >= 11 is 6.27. The van der Waals surface area contributed by atoms with Crippen molar-refractivity contribution in [3.05, 3.63) is 52.1 Å². The van der Waals surface area contributed by atoms with Crippen molar-refractivity contribution in [2.75, 3.05) is 0 Å². The highest BCUT2D eigenvalue weighted by atomic mass is 35.5. The third-order valence-corrected chi connectivity index (χ3v) is 3.91. The predicted molar refractivity (Wildman–Crippen MR) is 77.3 cm³/mol. The van der Waals surface area contributed by atoms with Gasteiger partial charge >= 0.3 is 0 Å². The van der Waals surface area contributed by atoms with Crippen LogP contribution in [0.15, 0.2) is 24.3 Å². The van der Waals surface area contributed by atoms with E-state index in [-0.39, 0.29) is 12.0 Å². The molecule has 0 saturated heterocycles. The summed E-state index contributed by atoms with van der Waals surface area (Å²) in [6.07, 6.45) is 0.921. The summed E-state index contributed by atoms with van der Waals surface area (Å²) in [4.78, 5) is 0. The zero-order valence-electron chi connectivity index (χ0n) is 11.8. The number of aromatic nitrogens is 2. The van der Waals surface area contributed by atoms with Crippen molar-refractivity contribution in [1.82, 2.24) is 9.78 Å². The van der Waals surface area contributed by atoms with Crippen LogP contribution < -0.4 is 0 Å². The lowest BCUT2D eigenvalue weighted by molar-refractivity contribution is 0.0518. The van der Waals surface area contributed by atoms with Crippen LogP contribution in [0.4, 0.5) is 4.39 Å². The highest BCUT2D eigenvalue weighted by Crippen LogP contribution is 2.31. The fraction of sp³-hybridized carbons (Fsp3) is 0.400. The van der Waals surface area contributed by atoms with Gasteiger partial charge in [0.1, 0.15) is 5.82 Å². The number of aliphatic hydroxyl groups is 1. The largest absolute Gasteiger partial charge is 0.385 e. The summed E-state index contributed by atoms with van der Waals surface area (Å²) in [6.45, 7) is 3.55. The number of hydrogen-bond donors (Lipinski definition) is 1. The first-order valence-electron chi connectivity index (χ1n) is 6.54. The van der Waals surface area contributed by atoms with Crippen LogP contribution in [0.3, 0.4) is 0 Å². The average Bonchev–Trinajstić information content (AvgIpc) is 2.66. The van der Waals surface area contributed by atoms with Crippen molar-refractivity contribution in [3.8, 4) is 0 Å². The molecule has 3 nitrogen and oxygen atoms in total. The van der Waals surface area contributed by atoms with E-state index in [4.69, 9.17) is 11.6 Å². The van der Waals surface area contributed by atoms with Crippen molar-refractivity contribution in [2.45, 2.75) is 32.3 Å². The highest BCUT2D eigenvalue weighted by molar-refractivity contribution is 6.31. The highest BCUT2D eigenvalue weighted by Gasteiger charge is 2.29. The molecule has 2 aromatic rings. The van der Waals surface area contributed by atoms with E-state index in [2.05, 4.69) is 5.10 Å². The van der Waals surface area contributed by atoms with E-state index in [1.165, 1.54) is 6.07 Å². The third kappa shape index (κ3) is 2.72. The van der Waals surface area contributed by atoms with Gasteiger partial charge in [0.25, 0.3) is 0 Å². The minimum Gasteiger partial charge on any atom is -0.385 e. The van der Waals surface area contributed by atoms with E-state index in [1.54, 1.807) is 36.9 Å². The SMILES string of the molecule is CCc1nn(C)c(CC(C)(O)c2ccccc2F)c1Cl. The van der Waals surface area contributed by atoms with Gasteiger partial charge in [0.2, 0.25) is 0 Å². The summed E-state index contributed by atoms with van der Waals surface area (Å²) in [5, 5.41) is 15.5. The Morgan fingerprint density at radius 2 is 2.05 bits per heavy atom. The molecule has 1 N–H and O–H groups in total. The van der Waals surface area contributed by atoms with Gasteiger partial charge in [-0.2, -0.15) is 5.10 Å². The van der Waals surface area contributed by atoms with Gasteiger partial charge in [0.15, 0.2) is 0 Å². The molecule has 2 rings (SSSR count). The minimum absolute atomic E-state index is 0.205. The summed E-state index contributed by atoms with van der Waals surface area (Å²) in [7, 11) is 1.78. The van der Waals surface area contributed by atoms with Crippen molar-refractivity contribution >= 4 is 11.6 Å². The smallest absolute Gasteiger partial charge is 0.129 e. The second-order valence-electron chi connectivity index (χ2n) is 5.12. The lowest BCUT2D eigenvalue weighted by Gasteiger charge is -2.24.